The third-order valence-electron chi connectivity index (χ3n) is 5.22. The lowest BCUT2D eigenvalue weighted by atomic mass is 9.98. The second kappa shape index (κ2) is 13.9. The zero-order valence-corrected chi connectivity index (χ0v) is 21.4. The standard InChI is InChI=1S/C24H21F6N3O2.C2HF3O2/c1-2-35-19-8-4-3-6-16(19)14-32-22(34)33-20(15-9-11-17(12-10-15)23(25,26)27)21-18(24(28,29)30)7-5-13-31-21;3-2(4,5)1(6)7/h3-13,20H,2,14H2,1H3,(H2,32,33,34);(H,6,7)/t20-;/m0./s1. The Balaban J connectivity index is 0.000000782. The van der Waals surface area contributed by atoms with Crippen LogP contribution in [0, 0.1) is 0 Å². The van der Waals surface area contributed by atoms with Crippen molar-refractivity contribution in [3.05, 3.63) is 94.8 Å². The molecule has 0 aliphatic rings. The Bertz CT molecular complexity index is 1340. The van der Waals surface area contributed by atoms with E-state index < -0.39 is 53.4 Å². The third kappa shape index (κ3) is 9.85. The molecule has 3 N–H and O–H groups in total. The summed E-state index contributed by atoms with van der Waals surface area (Å²) in [5.41, 5.74) is -2.03. The highest BCUT2D eigenvalue weighted by Crippen LogP contribution is 2.36. The zero-order valence-electron chi connectivity index (χ0n) is 21.4. The second-order valence-corrected chi connectivity index (χ2v) is 8.16. The van der Waals surface area contributed by atoms with Gasteiger partial charge in [-0.05, 0) is 42.8 Å². The summed E-state index contributed by atoms with van der Waals surface area (Å²) in [4.78, 5) is 25.4. The van der Waals surface area contributed by atoms with Gasteiger partial charge in [0, 0.05) is 18.3 Å². The van der Waals surface area contributed by atoms with Gasteiger partial charge in [0.1, 0.15) is 5.75 Å². The number of pyridine rings is 1. The van der Waals surface area contributed by atoms with Crippen molar-refractivity contribution in [2.75, 3.05) is 6.61 Å². The van der Waals surface area contributed by atoms with Crippen molar-refractivity contribution in [1.82, 2.24) is 15.6 Å². The average molecular weight is 611 g/mol. The van der Waals surface area contributed by atoms with Crippen molar-refractivity contribution in [1.29, 1.82) is 0 Å². The van der Waals surface area contributed by atoms with Crippen molar-refractivity contribution < 1.29 is 58.9 Å². The molecule has 2 aromatic carbocycles. The van der Waals surface area contributed by atoms with Gasteiger partial charge < -0.3 is 20.5 Å². The molecule has 3 aromatic rings. The first-order valence-electron chi connectivity index (χ1n) is 11.7. The zero-order chi connectivity index (χ0) is 31.7. The molecule has 1 atom stereocenters. The largest absolute Gasteiger partial charge is 0.494 e. The number of carbonyl (C=O) groups is 2. The first-order chi connectivity index (χ1) is 19.4. The Morgan fingerprint density at radius 3 is 2.00 bits per heavy atom. The number of nitrogens with zero attached hydrogens (tertiary/aromatic N) is 1. The van der Waals surface area contributed by atoms with E-state index in [4.69, 9.17) is 14.6 Å². The van der Waals surface area contributed by atoms with Gasteiger partial charge in [0.2, 0.25) is 0 Å². The van der Waals surface area contributed by atoms with Gasteiger partial charge in [0.25, 0.3) is 0 Å². The Kier molecular flexibility index (Phi) is 11.2. The summed E-state index contributed by atoms with van der Waals surface area (Å²) in [6, 6.07) is 9.91. The lowest BCUT2D eigenvalue weighted by Crippen LogP contribution is -2.39. The van der Waals surface area contributed by atoms with Gasteiger partial charge in [0.05, 0.1) is 29.5 Å². The number of amides is 2. The topological polar surface area (TPSA) is 101 Å². The smallest absolute Gasteiger partial charge is 0.490 e. The number of para-hydroxylation sites is 1. The number of carbonyl (C=O) groups excluding carboxylic acids is 1. The Hall–Kier alpha value is -4.50. The van der Waals surface area contributed by atoms with Gasteiger partial charge in [-0.25, -0.2) is 9.59 Å². The van der Waals surface area contributed by atoms with Crippen molar-refractivity contribution in [2.24, 2.45) is 0 Å². The molecule has 228 valence electrons. The highest BCUT2D eigenvalue weighted by Gasteiger charge is 2.39. The van der Waals surface area contributed by atoms with Crippen LogP contribution in [0.3, 0.4) is 0 Å². The maximum Gasteiger partial charge on any atom is 0.490 e. The summed E-state index contributed by atoms with van der Waals surface area (Å²) in [5, 5.41) is 12.1. The number of carboxylic acids is 1. The van der Waals surface area contributed by atoms with Crippen LogP contribution in [-0.4, -0.2) is 34.9 Å². The van der Waals surface area contributed by atoms with E-state index in [0.29, 0.717) is 17.9 Å². The molecule has 1 heterocycles. The molecule has 0 aliphatic heterocycles. The van der Waals surface area contributed by atoms with E-state index in [2.05, 4.69) is 15.6 Å². The first-order valence-corrected chi connectivity index (χ1v) is 11.7. The van der Waals surface area contributed by atoms with Crippen molar-refractivity contribution in [3.8, 4) is 5.75 Å². The molecule has 0 unspecified atom stereocenters. The maximum absolute atomic E-state index is 13.6. The van der Waals surface area contributed by atoms with Crippen LogP contribution < -0.4 is 15.4 Å². The predicted molar refractivity (Wildman–Crippen MR) is 129 cm³/mol. The number of ether oxygens (including phenoxy) is 1. The van der Waals surface area contributed by atoms with Crippen LogP contribution in [0.1, 0.15) is 40.9 Å². The van der Waals surface area contributed by atoms with Crippen molar-refractivity contribution >= 4 is 12.0 Å². The fraction of sp³-hybridized carbons (Fsp3) is 0.269. The number of hydrogen-bond donors (Lipinski definition) is 3. The summed E-state index contributed by atoms with van der Waals surface area (Å²) in [6.07, 6.45) is -13.4. The maximum atomic E-state index is 13.6. The number of halogens is 9. The molecule has 0 spiro atoms. The van der Waals surface area contributed by atoms with E-state index in [0.717, 1.165) is 42.6 Å². The Labute approximate surface area is 232 Å². The molecule has 7 nitrogen and oxygen atoms in total. The lowest BCUT2D eigenvalue weighted by Gasteiger charge is -2.23. The summed E-state index contributed by atoms with van der Waals surface area (Å²) >= 11 is 0. The number of rotatable bonds is 7. The fourth-order valence-electron chi connectivity index (χ4n) is 3.37. The number of nitrogens with one attached hydrogen (secondary N) is 2. The summed E-state index contributed by atoms with van der Waals surface area (Å²) in [7, 11) is 0. The van der Waals surface area contributed by atoms with Gasteiger partial charge in [-0.15, -0.1) is 0 Å². The number of urea groups is 1. The SMILES string of the molecule is CCOc1ccccc1CNC(=O)N[C@@H](c1ccc(C(F)(F)F)cc1)c1ncccc1C(F)(F)F.O=C(O)C(F)(F)F. The number of carboxylic acid groups (broad SMARTS) is 1. The minimum absolute atomic E-state index is 0.00388. The number of aromatic nitrogens is 1. The fourth-order valence-corrected chi connectivity index (χ4v) is 3.37. The van der Waals surface area contributed by atoms with Crippen LogP contribution in [-0.2, 0) is 23.7 Å². The molecule has 2 amide bonds. The number of hydrogen-bond acceptors (Lipinski definition) is 4. The Morgan fingerprint density at radius 2 is 1.48 bits per heavy atom. The molecular weight excluding hydrogens is 589 g/mol. The normalized spacial score (nSPS) is 12.4. The molecule has 1 aromatic heterocycles. The van der Waals surface area contributed by atoms with E-state index in [1.165, 1.54) is 0 Å². The average Bonchev–Trinajstić information content (AvgIpc) is 2.90. The van der Waals surface area contributed by atoms with Gasteiger partial charge in [-0.1, -0.05) is 30.3 Å². The summed E-state index contributed by atoms with van der Waals surface area (Å²) in [6.45, 7) is 2.17. The molecule has 42 heavy (non-hydrogen) atoms. The minimum atomic E-state index is -5.08. The summed E-state index contributed by atoms with van der Waals surface area (Å²) < 4.78 is 117. The Morgan fingerprint density at radius 1 is 0.881 bits per heavy atom. The molecule has 0 saturated carbocycles. The summed E-state index contributed by atoms with van der Waals surface area (Å²) in [5.74, 6) is -2.23. The number of alkyl halides is 9. The van der Waals surface area contributed by atoms with Gasteiger partial charge >= 0.3 is 30.5 Å². The molecule has 3 rings (SSSR count). The van der Waals surface area contributed by atoms with Crippen molar-refractivity contribution in [3.63, 3.8) is 0 Å². The van der Waals surface area contributed by atoms with E-state index in [-0.39, 0.29) is 12.1 Å². The van der Waals surface area contributed by atoms with Crippen LogP contribution in [0.25, 0.3) is 0 Å². The van der Waals surface area contributed by atoms with Gasteiger partial charge in [-0.3, -0.25) is 4.98 Å². The number of benzene rings is 2. The monoisotopic (exact) mass is 611 g/mol. The van der Waals surface area contributed by atoms with Crippen LogP contribution in [0.2, 0.25) is 0 Å². The highest BCUT2D eigenvalue weighted by atomic mass is 19.4. The second-order valence-electron chi connectivity index (χ2n) is 8.16. The number of aliphatic carboxylic acids is 1. The highest BCUT2D eigenvalue weighted by molar-refractivity contribution is 5.75. The predicted octanol–water partition coefficient (Wildman–Crippen LogP) is 6.74. The lowest BCUT2D eigenvalue weighted by molar-refractivity contribution is -0.192. The third-order valence-corrected chi connectivity index (χ3v) is 5.22. The van der Waals surface area contributed by atoms with E-state index in [1.807, 2.05) is 0 Å². The van der Waals surface area contributed by atoms with Crippen LogP contribution in [0.5, 0.6) is 5.75 Å². The molecule has 0 saturated heterocycles. The quantitative estimate of drug-likeness (QED) is 0.257. The first kappa shape index (κ1) is 33.7. The van der Waals surface area contributed by atoms with Crippen LogP contribution in [0.4, 0.5) is 44.3 Å². The molecule has 0 fully saturated rings. The molecular formula is C26H22F9N3O4. The molecule has 0 radical (unpaired) electrons. The van der Waals surface area contributed by atoms with Crippen molar-refractivity contribution in [2.45, 2.75) is 38.0 Å². The van der Waals surface area contributed by atoms with Crippen LogP contribution in [0.15, 0.2) is 66.9 Å². The molecule has 0 aliphatic carbocycles. The van der Waals surface area contributed by atoms with Crippen LogP contribution >= 0.6 is 0 Å². The molecule has 16 heteroatoms. The van der Waals surface area contributed by atoms with E-state index >= 15 is 0 Å². The molecule has 0 bridgehead atoms. The minimum Gasteiger partial charge on any atom is -0.494 e. The van der Waals surface area contributed by atoms with Gasteiger partial charge in [0.15, 0.2) is 0 Å². The van der Waals surface area contributed by atoms with Gasteiger partial charge in [-0.2, -0.15) is 39.5 Å². The van der Waals surface area contributed by atoms with E-state index in [9.17, 15) is 44.3 Å². The van der Waals surface area contributed by atoms with E-state index in [1.54, 1.807) is 31.2 Å².